The molecule has 1 aromatic rings. The summed E-state index contributed by atoms with van der Waals surface area (Å²) in [6, 6.07) is 8.17. The molecule has 21 heavy (non-hydrogen) atoms. The number of hydrogen-bond acceptors (Lipinski definition) is 3. The summed E-state index contributed by atoms with van der Waals surface area (Å²) in [7, 11) is 0. The van der Waals surface area contributed by atoms with E-state index in [1.807, 2.05) is 12.1 Å². The smallest absolute Gasteiger partial charge is 0.331 e. The maximum absolute atomic E-state index is 11.9. The second-order valence-corrected chi connectivity index (χ2v) is 5.54. The van der Waals surface area contributed by atoms with Gasteiger partial charge < -0.3 is 10.1 Å². The van der Waals surface area contributed by atoms with E-state index in [9.17, 15) is 9.59 Å². The van der Waals surface area contributed by atoms with Gasteiger partial charge in [-0.2, -0.15) is 0 Å². The minimum atomic E-state index is -0.478. The molecule has 0 saturated heterocycles. The fourth-order valence-electron chi connectivity index (χ4n) is 2.55. The average Bonchev–Trinajstić information content (AvgIpc) is 2.45. The van der Waals surface area contributed by atoms with E-state index in [-0.39, 0.29) is 18.6 Å². The first-order valence-corrected chi connectivity index (χ1v) is 7.25. The predicted octanol–water partition coefficient (Wildman–Crippen LogP) is 2.69. The van der Waals surface area contributed by atoms with Crippen molar-refractivity contribution < 1.29 is 14.3 Å². The quantitative estimate of drug-likeness (QED) is 0.684. The number of fused-ring (bicyclic) bond motifs is 1. The van der Waals surface area contributed by atoms with Crippen molar-refractivity contribution in [2.45, 2.75) is 39.2 Å². The van der Waals surface area contributed by atoms with Crippen molar-refractivity contribution in [3.63, 3.8) is 0 Å². The normalized spacial score (nSPS) is 16.6. The zero-order valence-electron chi connectivity index (χ0n) is 12.5. The largest absolute Gasteiger partial charge is 0.452 e. The Hall–Kier alpha value is -2.10. The van der Waals surface area contributed by atoms with Crippen LogP contribution in [-0.4, -0.2) is 18.5 Å². The Labute approximate surface area is 125 Å². The number of allylic oxidation sites excluding steroid dienone is 1. The molecule has 1 N–H and O–H groups in total. The Morgan fingerprint density at radius 1 is 1.33 bits per heavy atom. The van der Waals surface area contributed by atoms with Crippen molar-refractivity contribution in [2.24, 2.45) is 0 Å². The van der Waals surface area contributed by atoms with Crippen LogP contribution in [0.3, 0.4) is 0 Å². The van der Waals surface area contributed by atoms with Gasteiger partial charge in [0, 0.05) is 6.08 Å². The summed E-state index contributed by atoms with van der Waals surface area (Å²) < 4.78 is 4.92. The van der Waals surface area contributed by atoms with Crippen molar-refractivity contribution in [3.05, 3.63) is 47.0 Å². The van der Waals surface area contributed by atoms with Crippen LogP contribution in [0.15, 0.2) is 35.9 Å². The SMILES string of the molecule is CC(C)=CC(=O)OCC(=O)N[C@@H]1CCCc2ccccc21. The van der Waals surface area contributed by atoms with Crippen LogP contribution in [0.4, 0.5) is 0 Å². The van der Waals surface area contributed by atoms with Crippen LogP contribution in [0, 0.1) is 0 Å². The topological polar surface area (TPSA) is 55.4 Å². The lowest BCUT2D eigenvalue weighted by Gasteiger charge is -2.26. The third-order valence-corrected chi connectivity index (χ3v) is 3.46. The number of ether oxygens (including phenoxy) is 1. The van der Waals surface area contributed by atoms with E-state index in [1.165, 1.54) is 17.2 Å². The molecule has 0 fully saturated rings. The second-order valence-electron chi connectivity index (χ2n) is 5.54. The van der Waals surface area contributed by atoms with Crippen LogP contribution >= 0.6 is 0 Å². The molecule has 1 aliphatic carbocycles. The molecule has 0 spiro atoms. The lowest BCUT2D eigenvalue weighted by molar-refractivity contribution is -0.144. The summed E-state index contributed by atoms with van der Waals surface area (Å²) in [4.78, 5) is 23.3. The van der Waals surface area contributed by atoms with Crippen LogP contribution in [0.2, 0.25) is 0 Å². The summed E-state index contributed by atoms with van der Waals surface area (Å²) in [5, 5.41) is 2.95. The molecule has 4 nitrogen and oxygen atoms in total. The predicted molar refractivity (Wildman–Crippen MR) is 80.7 cm³/mol. The number of carbonyl (C=O) groups excluding carboxylic acids is 2. The molecule has 0 radical (unpaired) electrons. The molecule has 4 heteroatoms. The zero-order valence-corrected chi connectivity index (χ0v) is 12.5. The van der Waals surface area contributed by atoms with Crippen LogP contribution in [0.5, 0.6) is 0 Å². The monoisotopic (exact) mass is 287 g/mol. The summed E-state index contributed by atoms with van der Waals surface area (Å²) >= 11 is 0. The summed E-state index contributed by atoms with van der Waals surface area (Å²) in [5.74, 6) is -0.735. The third kappa shape index (κ3) is 4.45. The number of benzene rings is 1. The van der Waals surface area contributed by atoms with E-state index in [0.29, 0.717) is 0 Å². The van der Waals surface area contributed by atoms with Gasteiger partial charge in [-0.25, -0.2) is 4.79 Å². The van der Waals surface area contributed by atoms with E-state index in [0.717, 1.165) is 24.8 Å². The van der Waals surface area contributed by atoms with Gasteiger partial charge in [0.15, 0.2) is 6.61 Å². The molecule has 0 saturated carbocycles. The van der Waals surface area contributed by atoms with Gasteiger partial charge in [-0.15, -0.1) is 0 Å². The minimum Gasteiger partial charge on any atom is -0.452 e. The molecular weight excluding hydrogens is 266 g/mol. The third-order valence-electron chi connectivity index (χ3n) is 3.46. The molecule has 1 atom stereocenters. The number of carbonyl (C=O) groups is 2. The molecule has 0 aromatic heterocycles. The standard InChI is InChI=1S/C17H21NO3/c1-12(2)10-17(20)21-11-16(19)18-15-9-5-7-13-6-3-4-8-14(13)15/h3-4,6,8,10,15H,5,7,9,11H2,1-2H3,(H,18,19)/t15-/m1/s1. The van der Waals surface area contributed by atoms with Crippen LogP contribution < -0.4 is 5.32 Å². The van der Waals surface area contributed by atoms with E-state index in [4.69, 9.17) is 4.74 Å². The Balaban J connectivity index is 1.89. The van der Waals surface area contributed by atoms with Gasteiger partial charge in [-0.05, 0) is 44.2 Å². The number of rotatable bonds is 4. The fraction of sp³-hybridized carbons (Fsp3) is 0.412. The molecule has 1 aromatic carbocycles. The van der Waals surface area contributed by atoms with E-state index >= 15 is 0 Å². The number of esters is 1. The van der Waals surface area contributed by atoms with Crippen LogP contribution in [0.25, 0.3) is 0 Å². The Kier molecular flexibility index (Phi) is 5.14. The number of hydrogen-bond donors (Lipinski definition) is 1. The average molecular weight is 287 g/mol. The van der Waals surface area contributed by atoms with E-state index < -0.39 is 5.97 Å². The summed E-state index contributed by atoms with van der Waals surface area (Å²) in [6.45, 7) is 3.38. The molecule has 0 unspecified atom stereocenters. The first-order valence-electron chi connectivity index (χ1n) is 7.25. The highest BCUT2D eigenvalue weighted by Gasteiger charge is 2.21. The Morgan fingerprint density at radius 2 is 2.10 bits per heavy atom. The molecular formula is C17H21NO3. The number of nitrogens with one attached hydrogen (secondary N) is 1. The van der Waals surface area contributed by atoms with E-state index in [2.05, 4.69) is 17.4 Å². The summed E-state index contributed by atoms with van der Waals surface area (Å²) in [6.07, 6.45) is 4.41. The second kappa shape index (κ2) is 7.07. The lowest BCUT2D eigenvalue weighted by atomic mass is 9.88. The van der Waals surface area contributed by atoms with Gasteiger partial charge in [0.1, 0.15) is 0 Å². The first kappa shape index (κ1) is 15.3. The van der Waals surface area contributed by atoms with Crippen molar-refractivity contribution in [1.29, 1.82) is 0 Å². The maximum atomic E-state index is 11.9. The number of aryl methyl sites for hydroxylation is 1. The Morgan fingerprint density at radius 3 is 2.86 bits per heavy atom. The highest BCUT2D eigenvalue weighted by atomic mass is 16.5. The molecule has 0 heterocycles. The lowest BCUT2D eigenvalue weighted by Crippen LogP contribution is -2.34. The van der Waals surface area contributed by atoms with Crippen molar-refractivity contribution >= 4 is 11.9 Å². The first-order chi connectivity index (χ1) is 10.1. The van der Waals surface area contributed by atoms with Gasteiger partial charge in [0.25, 0.3) is 5.91 Å². The van der Waals surface area contributed by atoms with Crippen molar-refractivity contribution in [2.75, 3.05) is 6.61 Å². The zero-order chi connectivity index (χ0) is 15.2. The molecule has 2 rings (SSSR count). The van der Waals surface area contributed by atoms with Gasteiger partial charge >= 0.3 is 5.97 Å². The van der Waals surface area contributed by atoms with Gasteiger partial charge in [-0.3, -0.25) is 4.79 Å². The fourth-order valence-corrected chi connectivity index (χ4v) is 2.55. The number of amides is 1. The molecule has 1 aliphatic rings. The van der Waals surface area contributed by atoms with Gasteiger partial charge in [0.05, 0.1) is 6.04 Å². The highest BCUT2D eigenvalue weighted by Crippen LogP contribution is 2.29. The molecule has 112 valence electrons. The minimum absolute atomic E-state index is 0.0182. The van der Waals surface area contributed by atoms with Crippen LogP contribution in [-0.2, 0) is 20.7 Å². The molecule has 0 aliphatic heterocycles. The van der Waals surface area contributed by atoms with E-state index in [1.54, 1.807) is 13.8 Å². The van der Waals surface area contributed by atoms with Gasteiger partial charge in [-0.1, -0.05) is 29.8 Å². The highest BCUT2D eigenvalue weighted by molar-refractivity contribution is 5.86. The maximum Gasteiger partial charge on any atom is 0.331 e. The van der Waals surface area contributed by atoms with Crippen molar-refractivity contribution in [1.82, 2.24) is 5.32 Å². The summed E-state index contributed by atoms with van der Waals surface area (Å²) in [5.41, 5.74) is 3.31. The Bertz CT molecular complexity index is 559. The molecule has 0 bridgehead atoms. The van der Waals surface area contributed by atoms with Crippen molar-refractivity contribution in [3.8, 4) is 0 Å². The van der Waals surface area contributed by atoms with Crippen LogP contribution in [0.1, 0.15) is 43.9 Å². The molecule has 1 amide bonds. The van der Waals surface area contributed by atoms with Gasteiger partial charge in [0.2, 0.25) is 0 Å².